The Labute approximate surface area is 127 Å². The van der Waals surface area contributed by atoms with E-state index in [9.17, 15) is 5.11 Å². The highest BCUT2D eigenvalue weighted by Crippen LogP contribution is 2.19. The van der Waals surface area contributed by atoms with E-state index in [-0.39, 0.29) is 12.2 Å². The van der Waals surface area contributed by atoms with Gasteiger partial charge in [-0.2, -0.15) is 0 Å². The Kier molecular flexibility index (Phi) is 5.62. The summed E-state index contributed by atoms with van der Waals surface area (Å²) >= 11 is 0. The van der Waals surface area contributed by atoms with Crippen molar-refractivity contribution in [2.75, 3.05) is 26.2 Å². The molecular formula is C17H28NO3+. The highest BCUT2D eigenvalue weighted by Gasteiger charge is 2.27. The topological polar surface area (TPSA) is 43.1 Å². The van der Waals surface area contributed by atoms with Crippen LogP contribution >= 0.6 is 0 Å². The average Bonchev–Trinajstić information content (AvgIpc) is 2.38. The zero-order valence-electron chi connectivity index (χ0n) is 13.6. The molecule has 4 heteroatoms. The fraction of sp³-hybridized carbons (Fsp3) is 0.647. The van der Waals surface area contributed by atoms with Crippen LogP contribution in [0.3, 0.4) is 0 Å². The van der Waals surface area contributed by atoms with Crippen LogP contribution < -0.4 is 9.64 Å². The first-order valence-electron chi connectivity index (χ1n) is 7.81. The SMILES string of the molecule is Cc1ccc(C)c(OC[C@@H](O)C[NH+]2C[C@@H](C)O[C@H](C)C2)c1. The fourth-order valence-corrected chi connectivity index (χ4v) is 3.00. The Balaban J connectivity index is 1.81. The van der Waals surface area contributed by atoms with Crippen LogP contribution in [0.4, 0.5) is 0 Å². The number of nitrogens with one attached hydrogen (secondary N) is 1. The Morgan fingerprint density at radius 1 is 1.29 bits per heavy atom. The molecule has 0 amide bonds. The standard InChI is InChI=1S/C17H27NO3/c1-12-5-6-13(2)17(7-12)20-11-16(19)10-18-8-14(3)21-15(4)9-18/h5-7,14-16,19H,8-11H2,1-4H3/p+1/t14-,15-,16+/m1/s1. The Bertz CT molecular complexity index is 453. The van der Waals surface area contributed by atoms with Gasteiger partial charge in [0.05, 0.1) is 0 Å². The lowest BCUT2D eigenvalue weighted by Crippen LogP contribution is -3.16. The molecule has 118 valence electrons. The van der Waals surface area contributed by atoms with Crippen molar-refractivity contribution in [3.63, 3.8) is 0 Å². The second-order valence-electron chi connectivity index (χ2n) is 6.35. The minimum atomic E-state index is -0.447. The van der Waals surface area contributed by atoms with Gasteiger partial charge in [0, 0.05) is 0 Å². The summed E-state index contributed by atoms with van der Waals surface area (Å²) in [4.78, 5) is 1.39. The summed E-state index contributed by atoms with van der Waals surface area (Å²) in [5, 5.41) is 10.2. The van der Waals surface area contributed by atoms with Crippen molar-refractivity contribution in [2.45, 2.75) is 46.0 Å². The van der Waals surface area contributed by atoms with E-state index < -0.39 is 6.10 Å². The van der Waals surface area contributed by atoms with Gasteiger partial charge >= 0.3 is 0 Å². The van der Waals surface area contributed by atoms with Gasteiger partial charge < -0.3 is 19.5 Å². The minimum absolute atomic E-state index is 0.260. The third kappa shape index (κ3) is 4.99. The van der Waals surface area contributed by atoms with Crippen LogP contribution in [0.15, 0.2) is 18.2 Å². The van der Waals surface area contributed by atoms with Crippen molar-refractivity contribution in [3.8, 4) is 5.75 Å². The van der Waals surface area contributed by atoms with Gasteiger partial charge in [0.1, 0.15) is 50.3 Å². The van der Waals surface area contributed by atoms with E-state index in [1.54, 1.807) is 0 Å². The molecule has 1 saturated heterocycles. The number of aryl methyl sites for hydroxylation is 2. The predicted molar refractivity (Wildman–Crippen MR) is 83.0 cm³/mol. The zero-order valence-corrected chi connectivity index (χ0v) is 13.6. The average molecular weight is 294 g/mol. The van der Waals surface area contributed by atoms with E-state index in [0.717, 1.165) is 24.4 Å². The molecule has 0 aliphatic carbocycles. The lowest BCUT2D eigenvalue weighted by molar-refractivity contribution is -0.918. The Morgan fingerprint density at radius 3 is 2.62 bits per heavy atom. The first kappa shape index (κ1) is 16.3. The van der Waals surface area contributed by atoms with Gasteiger partial charge in [-0.1, -0.05) is 12.1 Å². The van der Waals surface area contributed by atoms with Crippen LogP contribution in [0, 0.1) is 13.8 Å². The fourth-order valence-electron chi connectivity index (χ4n) is 3.00. The van der Waals surface area contributed by atoms with Crippen molar-refractivity contribution in [2.24, 2.45) is 0 Å². The number of quaternary nitrogens is 1. The maximum atomic E-state index is 10.2. The molecule has 3 atom stereocenters. The number of hydrogen-bond donors (Lipinski definition) is 2. The van der Waals surface area contributed by atoms with Crippen LogP contribution in [0.2, 0.25) is 0 Å². The summed E-state index contributed by atoms with van der Waals surface area (Å²) in [6.07, 6.45) is 0.0733. The third-order valence-corrected chi connectivity index (χ3v) is 3.92. The molecule has 1 heterocycles. The molecular weight excluding hydrogens is 266 g/mol. The molecule has 2 rings (SSSR count). The van der Waals surface area contributed by atoms with Crippen LogP contribution in [0.5, 0.6) is 5.75 Å². The normalized spacial score (nSPS) is 27.4. The molecule has 1 fully saturated rings. The number of aliphatic hydroxyl groups excluding tert-OH is 1. The van der Waals surface area contributed by atoms with Crippen molar-refractivity contribution < 1.29 is 19.5 Å². The molecule has 0 bridgehead atoms. The quantitative estimate of drug-likeness (QED) is 0.842. The molecule has 4 nitrogen and oxygen atoms in total. The summed E-state index contributed by atoms with van der Waals surface area (Å²) in [6, 6.07) is 6.14. The number of ether oxygens (including phenoxy) is 2. The van der Waals surface area contributed by atoms with Gasteiger partial charge in [0.2, 0.25) is 0 Å². The monoisotopic (exact) mass is 294 g/mol. The van der Waals surface area contributed by atoms with Crippen molar-refractivity contribution in [1.29, 1.82) is 0 Å². The van der Waals surface area contributed by atoms with Crippen LogP contribution in [-0.4, -0.2) is 49.7 Å². The maximum Gasteiger partial charge on any atom is 0.137 e. The maximum absolute atomic E-state index is 10.2. The number of morpholine rings is 1. The summed E-state index contributed by atoms with van der Waals surface area (Å²) < 4.78 is 11.5. The van der Waals surface area contributed by atoms with E-state index in [4.69, 9.17) is 9.47 Å². The molecule has 1 aliphatic heterocycles. The molecule has 0 aromatic heterocycles. The highest BCUT2D eigenvalue weighted by molar-refractivity contribution is 5.35. The van der Waals surface area contributed by atoms with Crippen molar-refractivity contribution in [1.82, 2.24) is 0 Å². The smallest absolute Gasteiger partial charge is 0.137 e. The third-order valence-electron chi connectivity index (χ3n) is 3.92. The summed E-state index contributed by atoms with van der Waals surface area (Å²) in [7, 11) is 0. The molecule has 21 heavy (non-hydrogen) atoms. The number of rotatable bonds is 5. The summed E-state index contributed by atoms with van der Waals surface area (Å²) in [5.41, 5.74) is 2.28. The molecule has 0 unspecified atom stereocenters. The van der Waals surface area contributed by atoms with Gasteiger partial charge in [-0.05, 0) is 44.9 Å². The van der Waals surface area contributed by atoms with Gasteiger partial charge in [-0.15, -0.1) is 0 Å². The van der Waals surface area contributed by atoms with Gasteiger partial charge in [-0.25, -0.2) is 0 Å². The first-order chi connectivity index (χ1) is 9.94. The lowest BCUT2D eigenvalue weighted by atomic mass is 10.1. The molecule has 2 N–H and O–H groups in total. The molecule has 0 saturated carbocycles. The molecule has 1 aliphatic rings. The molecule has 0 spiro atoms. The zero-order chi connectivity index (χ0) is 15.4. The van der Waals surface area contributed by atoms with Gasteiger partial charge in [0.25, 0.3) is 0 Å². The first-order valence-corrected chi connectivity index (χ1v) is 7.81. The van der Waals surface area contributed by atoms with Crippen molar-refractivity contribution in [3.05, 3.63) is 29.3 Å². The predicted octanol–water partition coefficient (Wildman–Crippen LogP) is 0.735. The van der Waals surface area contributed by atoms with E-state index >= 15 is 0 Å². The second-order valence-corrected chi connectivity index (χ2v) is 6.35. The summed E-state index contributed by atoms with van der Waals surface area (Å²) in [6.45, 7) is 11.2. The van der Waals surface area contributed by atoms with E-state index in [0.29, 0.717) is 13.2 Å². The van der Waals surface area contributed by atoms with E-state index in [1.165, 1.54) is 10.5 Å². The number of aliphatic hydroxyl groups is 1. The highest BCUT2D eigenvalue weighted by atomic mass is 16.5. The molecule has 1 aromatic rings. The minimum Gasteiger partial charge on any atom is -0.490 e. The van der Waals surface area contributed by atoms with Crippen LogP contribution in [0.1, 0.15) is 25.0 Å². The van der Waals surface area contributed by atoms with Crippen LogP contribution in [-0.2, 0) is 4.74 Å². The van der Waals surface area contributed by atoms with E-state index in [2.05, 4.69) is 19.9 Å². The number of hydrogen-bond acceptors (Lipinski definition) is 3. The second kappa shape index (κ2) is 7.25. The lowest BCUT2D eigenvalue weighted by Gasteiger charge is -2.33. The van der Waals surface area contributed by atoms with Gasteiger partial charge in [-0.3, -0.25) is 0 Å². The largest absolute Gasteiger partial charge is 0.490 e. The van der Waals surface area contributed by atoms with E-state index in [1.807, 2.05) is 26.0 Å². The Morgan fingerprint density at radius 2 is 1.95 bits per heavy atom. The van der Waals surface area contributed by atoms with Gasteiger partial charge in [0.15, 0.2) is 0 Å². The van der Waals surface area contributed by atoms with Crippen LogP contribution in [0.25, 0.3) is 0 Å². The number of benzene rings is 1. The Hall–Kier alpha value is -1.10. The molecule has 1 aromatic carbocycles. The summed E-state index contributed by atoms with van der Waals surface area (Å²) in [5.74, 6) is 0.868. The van der Waals surface area contributed by atoms with Crippen molar-refractivity contribution >= 4 is 0 Å². The molecule has 0 radical (unpaired) electrons.